The summed E-state index contributed by atoms with van der Waals surface area (Å²) in [5.41, 5.74) is 11.8. The first-order valence-electron chi connectivity index (χ1n) is 34.9. The van der Waals surface area contributed by atoms with Gasteiger partial charge in [-0.2, -0.15) is 0 Å². The summed E-state index contributed by atoms with van der Waals surface area (Å²) in [4.78, 5) is 73.7. The van der Waals surface area contributed by atoms with E-state index >= 15 is 0 Å². The Hall–Kier alpha value is -10.2. The van der Waals surface area contributed by atoms with Crippen molar-refractivity contribution >= 4 is 104 Å². The molecule has 4 heterocycles. The monoisotopic (exact) mass is 1410 g/mol. The van der Waals surface area contributed by atoms with Crippen LogP contribution in [0.4, 0.5) is 42.9 Å². The van der Waals surface area contributed by atoms with Gasteiger partial charge in [-0.25, -0.2) is 8.78 Å². The molecule has 3 spiro atoms. The zero-order valence-corrected chi connectivity index (χ0v) is 57.9. The maximum Gasteiger partial charge on any atom is 0.258 e. The molecule has 4 fully saturated rings. The van der Waals surface area contributed by atoms with Gasteiger partial charge in [0, 0.05) is 99.8 Å². The minimum absolute atomic E-state index is 0.0321. The van der Waals surface area contributed by atoms with Gasteiger partial charge in [-0.1, -0.05) is 93.3 Å². The minimum atomic E-state index is -0.556. The number of benzene rings is 8. The smallest absolute Gasteiger partial charge is 0.258 e. The highest BCUT2D eigenvalue weighted by atomic mass is 35.5. The maximum absolute atomic E-state index is 13.6. The lowest BCUT2D eigenvalue weighted by Gasteiger charge is -2.28. The van der Waals surface area contributed by atoms with Crippen molar-refractivity contribution in [3.63, 3.8) is 0 Å². The average molecular weight is 1420 g/mol. The number of hydrogen-bond acceptors (Lipinski definition) is 12. The molecule has 1 saturated heterocycles. The van der Waals surface area contributed by atoms with Gasteiger partial charge in [0.1, 0.15) is 11.6 Å². The lowest BCUT2D eigenvalue weighted by atomic mass is 9.76. The Kier molecular flexibility index (Phi) is 21.0. The van der Waals surface area contributed by atoms with Crippen LogP contribution in [-0.2, 0) is 19.3 Å². The summed E-state index contributed by atoms with van der Waals surface area (Å²) in [6.07, 6.45) is 15.4. The van der Waals surface area contributed by atoms with Gasteiger partial charge >= 0.3 is 0 Å². The number of carbonyl (C=O) groups excluding carboxylic acids is 5. The van der Waals surface area contributed by atoms with Gasteiger partial charge in [-0.15, -0.1) is 0 Å². The first-order chi connectivity index (χ1) is 49.5. The highest BCUT2D eigenvalue weighted by Crippen LogP contribution is 2.49. The van der Waals surface area contributed by atoms with Crippen LogP contribution < -0.4 is 30.2 Å². The highest BCUT2D eigenvalue weighted by Gasteiger charge is 2.47. The molecular formula is C81H79Cl2F2N9O8. The molecule has 21 heteroatoms. The lowest BCUT2D eigenvalue weighted by Crippen LogP contribution is -2.35. The number of nitrogens with one attached hydrogen (secondary N) is 2. The van der Waals surface area contributed by atoms with Crippen LogP contribution in [0.2, 0.25) is 10.0 Å². The fourth-order valence-corrected chi connectivity index (χ4v) is 16.8. The number of halogens is 4. The number of nitrogens with zero attached hydrogens (tertiary/aromatic N) is 7. The van der Waals surface area contributed by atoms with Gasteiger partial charge in [0.25, 0.3) is 29.5 Å². The predicted octanol–water partition coefficient (Wildman–Crippen LogP) is 17.5. The topological polar surface area (TPSA) is 220 Å². The Morgan fingerprint density at radius 1 is 0.392 bits per heavy atom. The van der Waals surface area contributed by atoms with E-state index in [2.05, 4.69) is 55.3 Å². The highest BCUT2D eigenvalue weighted by molar-refractivity contribution is 6.35. The van der Waals surface area contributed by atoms with E-state index in [1.54, 1.807) is 58.3 Å². The van der Waals surface area contributed by atoms with Crippen LogP contribution >= 0.6 is 23.2 Å². The van der Waals surface area contributed by atoms with E-state index in [-0.39, 0.29) is 55.1 Å². The molecule has 524 valence electrons. The molecule has 5 N–H and O–H groups in total. The van der Waals surface area contributed by atoms with Crippen molar-refractivity contribution < 1.29 is 48.4 Å². The third-order valence-electron chi connectivity index (χ3n) is 21.7. The molecular weight excluding hydrogens is 1340 g/mol. The summed E-state index contributed by atoms with van der Waals surface area (Å²) in [7, 11) is 0. The molecule has 5 amide bonds. The predicted molar refractivity (Wildman–Crippen MR) is 395 cm³/mol. The summed E-state index contributed by atoms with van der Waals surface area (Å²) in [6.45, 7) is 3.85. The first kappa shape index (κ1) is 70.2. The van der Waals surface area contributed by atoms with Crippen molar-refractivity contribution in [3.05, 3.63) is 248 Å². The normalized spacial score (nSPS) is 21.7. The SMILES string of the molecule is O=C(Nc1ccc(C(=O)N2CCC3(CCCC3=NO)Cc3ccccc32)cc1)c1cc(F)ccc1Cl.O=C(Nc1ccc(C(=O)N2CC[C@]3(CCCC3=NO)Cc3ccccc32)cc1)c1cc(F)ccc1Cl.O=C(c1ccc(N2CCCC2)cc1)N1CCC2(CCCC2=NO)Cc2ccccc21. The van der Waals surface area contributed by atoms with Crippen LogP contribution in [0.15, 0.2) is 197 Å². The molecule has 3 atom stereocenters. The van der Waals surface area contributed by atoms with Gasteiger partial charge in [0.05, 0.1) is 38.3 Å². The third-order valence-corrected chi connectivity index (χ3v) is 22.4. The number of fused-ring (bicyclic) bond motifs is 3. The molecule has 3 saturated carbocycles. The Morgan fingerprint density at radius 2 is 0.716 bits per heavy atom. The Balaban J connectivity index is 0.000000137. The standard InChI is InChI=1S/2C28H25ClFN3O3.C25H29N3O2/c2*29-23-12-9-20(30)16-22(23)26(34)31-21-10-7-18(8-11-21)27(35)33-15-14-28(13-3-6-25(28)32-36)17-19-4-1-2-5-24(19)33;29-24(19-9-11-21(12-10-19)27-15-3-4-16-27)28-17-14-25(13-5-8-23(25)26-30)18-20-6-1-2-7-22(20)28/h2*1-2,4-5,7-12,16,36H,3,6,13-15,17H2,(H,31,34);1-2,6-7,9-12,30H,3-5,8,13-18H2/t28-;;/m1../s1. The molecule has 102 heavy (non-hydrogen) atoms. The summed E-state index contributed by atoms with van der Waals surface area (Å²) in [6, 6.07) is 52.4. The molecule has 7 aliphatic rings. The third kappa shape index (κ3) is 14.6. The lowest BCUT2D eigenvalue weighted by molar-refractivity contribution is 0.0977. The van der Waals surface area contributed by atoms with Gasteiger partial charge in [0.2, 0.25) is 0 Å². The van der Waals surface area contributed by atoms with E-state index in [4.69, 9.17) is 23.2 Å². The second-order valence-corrected chi connectivity index (χ2v) is 28.4. The van der Waals surface area contributed by atoms with Crippen LogP contribution in [0.1, 0.15) is 158 Å². The molecule has 2 unspecified atom stereocenters. The first-order valence-corrected chi connectivity index (χ1v) is 35.7. The second-order valence-electron chi connectivity index (χ2n) is 27.6. The molecule has 0 radical (unpaired) electrons. The van der Waals surface area contributed by atoms with Gasteiger partial charge < -0.3 is 45.9 Å². The van der Waals surface area contributed by atoms with E-state index in [1.165, 1.54) is 48.4 Å². The number of para-hydroxylation sites is 3. The zero-order valence-electron chi connectivity index (χ0n) is 56.4. The Labute approximate surface area is 601 Å². The van der Waals surface area contributed by atoms with Gasteiger partial charge in [0.15, 0.2) is 0 Å². The average Bonchev–Trinajstić information content (AvgIpc) is 1.63. The molecule has 0 aromatic heterocycles. The van der Waals surface area contributed by atoms with E-state index in [1.807, 2.05) is 77.7 Å². The number of rotatable bonds is 8. The maximum atomic E-state index is 13.6. The molecule has 0 bridgehead atoms. The van der Waals surface area contributed by atoms with Crippen molar-refractivity contribution in [2.24, 2.45) is 31.7 Å². The van der Waals surface area contributed by atoms with Crippen molar-refractivity contribution in [2.75, 3.05) is 63.0 Å². The number of anilines is 6. The summed E-state index contributed by atoms with van der Waals surface area (Å²) < 4.78 is 27.1. The summed E-state index contributed by atoms with van der Waals surface area (Å²) in [5.74, 6) is -2.43. The molecule has 15 rings (SSSR count). The van der Waals surface area contributed by atoms with Gasteiger partial charge in [-0.3, -0.25) is 24.0 Å². The van der Waals surface area contributed by atoms with Crippen LogP contribution in [-0.4, -0.2) is 95.0 Å². The molecule has 8 aromatic rings. The van der Waals surface area contributed by atoms with E-state index in [0.29, 0.717) is 42.1 Å². The van der Waals surface area contributed by atoms with Crippen molar-refractivity contribution in [1.29, 1.82) is 0 Å². The van der Waals surface area contributed by atoms with Crippen molar-refractivity contribution in [3.8, 4) is 0 Å². The van der Waals surface area contributed by atoms with Crippen LogP contribution in [0.5, 0.6) is 0 Å². The summed E-state index contributed by atoms with van der Waals surface area (Å²) in [5, 5.41) is 45.4. The van der Waals surface area contributed by atoms with Gasteiger partial charge in [-0.05, 0) is 253 Å². The number of amides is 5. The zero-order chi connectivity index (χ0) is 71.1. The van der Waals surface area contributed by atoms with E-state index in [9.17, 15) is 48.4 Å². The number of hydrogen-bond donors (Lipinski definition) is 5. The fraction of sp³-hybridized carbons (Fsp3) is 0.309. The Bertz CT molecular complexity index is 4380. The van der Waals surface area contributed by atoms with E-state index in [0.717, 1.165) is 172 Å². The minimum Gasteiger partial charge on any atom is -0.411 e. The van der Waals surface area contributed by atoms with Crippen LogP contribution in [0.3, 0.4) is 0 Å². The molecule has 8 aromatic carbocycles. The second kappa shape index (κ2) is 30.5. The quantitative estimate of drug-likeness (QED) is 0.0720. The van der Waals surface area contributed by atoms with Crippen molar-refractivity contribution in [1.82, 2.24) is 0 Å². The molecule has 3 aliphatic carbocycles. The largest absolute Gasteiger partial charge is 0.411 e. The molecule has 4 aliphatic heterocycles. The Morgan fingerprint density at radius 3 is 1.05 bits per heavy atom. The number of oxime groups is 3. The fourth-order valence-electron chi connectivity index (χ4n) is 16.3. The van der Waals surface area contributed by atoms with Crippen LogP contribution in [0.25, 0.3) is 0 Å². The van der Waals surface area contributed by atoms with Crippen LogP contribution in [0, 0.1) is 27.9 Å². The molecule has 17 nitrogen and oxygen atoms in total. The van der Waals surface area contributed by atoms with E-state index < -0.39 is 23.4 Å². The van der Waals surface area contributed by atoms with Crippen molar-refractivity contribution in [2.45, 2.75) is 109 Å². The number of carbonyl (C=O) groups is 5. The summed E-state index contributed by atoms with van der Waals surface area (Å²) >= 11 is 12.1.